The monoisotopic (exact) mass is 367 g/mol. The van der Waals surface area contributed by atoms with Crippen molar-refractivity contribution in [1.29, 1.82) is 5.26 Å². The van der Waals surface area contributed by atoms with E-state index in [-0.39, 0.29) is 17.1 Å². The molecule has 1 aromatic rings. The number of aliphatic hydroxyl groups is 1. The molecule has 1 aliphatic heterocycles. The first-order valence-electron chi connectivity index (χ1n) is 8.38. The van der Waals surface area contributed by atoms with Gasteiger partial charge in [-0.3, -0.25) is 0 Å². The fourth-order valence-corrected chi connectivity index (χ4v) is 4.06. The van der Waals surface area contributed by atoms with Crippen LogP contribution in [0.1, 0.15) is 25.3 Å². The standard InChI is InChI=1S/C17H25N3O4S/c1-3-4-8-20(2)11-16-17(21)15(12-24-16)19-25(22,23)14-7-5-6-13(9-14)10-18/h5-7,9,15-17,19,21H,3-4,8,11-12H2,1-2H3. The normalized spacial score (nSPS) is 23.7. The van der Waals surface area contributed by atoms with Crippen LogP contribution in [0, 0.1) is 11.3 Å². The van der Waals surface area contributed by atoms with Gasteiger partial charge < -0.3 is 14.7 Å². The zero-order valence-corrected chi connectivity index (χ0v) is 15.4. The number of unbranched alkanes of at least 4 members (excludes halogenated alkanes) is 1. The van der Waals surface area contributed by atoms with Gasteiger partial charge in [0.2, 0.25) is 10.0 Å². The van der Waals surface area contributed by atoms with Crippen molar-refractivity contribution in [2.75, 3.05) is 26.7 Å². The first kappa shape index (κ1) is 19.8. The summed E-state index contributed by atoms with van der Waals surface area (Å²) in [6.45, 7) is 3.68. The highest BCUT2D eigenvalue weighted by Crippen LogP contribution is 2.19. The molecule has 2 N–H and O–H groups in total. The van der Waals surface area contributed by atoms with E-state index in [0.717, 1.165) is 19.4 Å². The summed E-state index contributed by atoms with van der Waals surface area (Å²) in [6, 6.07) is 6.98. The molecule has 25 heavy (non-hydrogen) atoms. The van der Waals surface area contributed by atoms with E-state index in [1.807, 2.05) is 13.1 Å². The van der Waals surface area contributed by atoms with Gasteiger partial charge in [-0.15, -0.1) is 0 Å². The lowest BCUT2D eigenvalue weighted by Crippen LogP contribution is -2.46. The van der Waals surface area contributed by atoms with Crippen LogP contribution < -0.4 is 4.72 Å². The van der Waals surface area contributed by atoms with Crippen molar-refractivity contribution in [3.63, 3.8) is 0 Å². The third-order valence-electron chi connectivity index (χ3n) is 4.25. The highest BCUT2D eigenvalue weighted by atomic mass is 32.2. The Morgan fingerprint density at radius 2 is 2.24 bits per heavy atom. The van der Waals surface area contributed by atoms with E-state index in [1.165, 1.54) is 24.3 Å². The maximum atomic E-state index is 12.5. The number of nitrogens with one attached hydrogen (secondary N) is 1. The van der Waals surface area contributed by atoms with Crippen molar-refractivity contribution in [3.8, 4) is 6.07 Å². The fourth-order valence-electron chi connectivity index (χ4n) is 2.77. The molecule has 0 saturated carbocycles. The number of rotatable bonds is 8. The second-order valence-electron chi connectivity index (χ2n) is 6.35. The second kappa shape index (κ2) is 8.74. The van der Waals surface area contributed by atoms with Crippen LogP contribution in [-0.2, 0) is 14.8 Å². The SMILES string of the molecule is CCCCN(C)CC1OCC(NS(=O)(=O)c2cccc(C#N)c2)C1O. The predicted octanol–water partition coefficient (Wildman–Crippen LogP) is 0.697. The number of nitrogens with zero attached hydrogens (tertiary/aromatic N) is 2. The molecule has 8 heteroatoms. The fraction of sp³-hybridized carbons (Fsp3) is 0.588. The minimum Gasteiger partial charge on any atom is -0.389 e. The zero-order valence-electron chi connectivity index (χ0n) is 14.6. The number of sulfonamides is 1. The van der Waals surface area contributed by atoms with Gasteiger partial charge >= 0.3 is 0 Å². The summed E-state index contributed by atoms with van der Waals surface area (Å²) in [7, 11) is -1.88. The summed E-state index contributed by atoms with van der Waals surface area (Å²) >= 11 is 0. The van der Waals surface area contributed by atoms with E-state index in [1.54, 1.807) is 0 Å². The maximum Gasteiger partial charge on any atom is 0.241 e. The largest absolute Gasteiger partial charge is 0.389 e. The van der Waals surface area contributed by atoms with Crippen molar-refractivity contribution < 1.29 is 18.3 Å². The van der Waals surface area contributed by atoms with Gasteiger partial charge in [-0.25, -0.2) is 13.1 Å². The number of hydrogen-bond acceptors (Lipinski definition) is 6. The number of likely N-dealkylation sites (N-methyl/N-ethyl adjacent to an activating group) is 1. The quantitative estimate of drug-likeness (QED) is 0.701. The van der Waals surface area contributed by atoms with E-state index in [4.69, 9.17) is 10.00 Å². The molecule has 138 valence electrons. The van der Waals surface area contributed by atoms with Gasteiger partial charge in [-0.1, -0.05) is 19.4 Å². The highest BCUT2D eigenvalue weighted by molar-refractivity contribution is 7.89. The molecule has 1 aliphatic rings. The van der Waals surface area contributed by atoms with E-state index < -0.39 is 28.3 Å². The Hall–Kier alpha value is -1.50. The van der Waals surface area contributed by atoms with Crippen LogP contribution in [0.15, 0.2) is 29.2 Å². The van der Waals surface area contributed by atoms with Crippen LogP contribution >= 0.6 is 0 Å². The van der Waals surface area contributed by atoms with Crippen LogP contribution in [0.5, 0.6) is 0 Å². The van der Waals surface area contributed by atoms with Crippen molar-refractivity contribution in [2.45, 2.75) is 42.9 Å². The van der Waals surface area contributed by atoms with Crippen molar-refractivity contribution in [3.05, 3.63) is 29.8 Å². The molecule has 0 aliphatic carbocycles. The van der Waals surface area contributed by atoms with Gasteiger partial charge in [0.1, 0.15) is 0 Å². The number of ether oxygens (including phenoxy) is 1. The van der Waals surface area contributed by atoms with Crippen molar-refractivity contribution in [1.82, 2.24) is 9.62 Å². The third-order valence-corrected chi connectivity index (χ3v) is 5.74. The number of benzene rings is 1. The molecule has 1 heterocycles. The summed E-state index contributed by atoms with van der Waals surface area (Å²) in [4.78, 5) is 2.08. The first-order chi connectivity index (χ1) is 11.9. The molecule has 3 atom stereocenters. The highest BCUT2D eigenvalue weighted by Gasteiger charge is 2.38. The lowest BCUT2D eigenvalue weighted by Gasteiger charge is -2.23. The Bertz CT molecular complexity index is 717. The topological polar surface area (TPSA) is 103 Å². The lowest BCUT2D eigenvalue weighted by molar-refractivity contribution is 0.0203. The van der Waals surface area contributed by atoms with Crippen LogP contribution in [0.3, 0.4) is 0 Å². The summed E-state index contributed by atoms with van der Waals surface area (Å²) in [5.41, 5.74) is 0.265. The molecule has 7 nitrogen and oxygen atoms in total. The Kier molecular flexibility index (Phi) is 6.93. The summed E-state index contributed by atoms with van der Waals surface area (Å²) in [5.74, 6) is 0. The molecule has 2 rings (SSSR count). The predicted molar refractivity (Wildman–Crippen MR) is 93.4 cm³/mol. The van der Waals surface area contributed by atoms with Crippen LogP contribution in [0.2, 0.25) is 0 Å². The Balaban J connectivity index is 1.99. The van der Waals surface area contributed by atoms with Gasteiger partial charge in [0.25, 0.3) is 0 Å². The Morgan fingerprint density at radius 1 is 1.48 bits per heavy atom. The smallest absolute Gasteiger partial charge is 0.241 e. The molecular formula is C17H25N3O4S. The van der Waals surface area contributed by atoms with Gasteiger partial charge in [-0.2, -0.15) is 5.26 Å². The Labute approximate surface area is 149 Å². The minimum atomic E-state index is -3.83. The van der Waals surface area contributed by atoms with E-state index in [9.17, 15) is 13.5 Å². The Morgan fingerprint density at radius 3 is 2.92 bits per heavy atom. The molecule has 0 bridgehead atoms. The lowest BCUT2D eigenvalue weighted by atomic mass is 10.1. The molecule has 0 aromatic heterocycles. The summed E-state index contributed by atoms with van der Waals surface area (Å²) < 4.78 is 33.0. The minimum absolute atomic E-state index is 0.00210. The maximum absolute atomic E-state index is 12.5. The van der Waals surface area contributed by atoms with Gasteiger partial charge in [0.05, 0.1) is 41.4 Å². The van der Waals surface area contributed by atoms with Crippen LogP contribution in [0.25, 0.3) is 0 Å². The van der Waals surface area contributed by atoms with Crippen molar-refractivity contribution >= 4 is 10.0 Å². The molecule has 0 spiro atoms. The van der Waals surface area contributed by atoms with Crippen molar-refractivity contribution in [2.24, 2.45) is 0 Å². The van der Waals surface area contributed by atoms with E-state index in [2.05, 4.69) is 16.5 Å². The summed E-state index contributed by atoms with van der Waals surface area (Å²) in [5, 5.41) is 19.3. The molecular weight excluding hydrogens is 342 g/mol. The third kappa shape index (κ3) is 5.23. The van der Waals surface area contributed by atoms with E-state index in [0.29, 0.717) is 6.54 Å². The number of hydrogen-bond donors (Lipinski definition) is 2. The second-order valence-corrected chi connectivity index (χ2v) is 8.06. The first-order valence-corrected chi connectivity index (χ1v) is 9.86. The molecule has 3 unspecified atom stereocenters. The van der Waals surface area contributed by atoms with Crippen LogP contribution in [-0.4, -0.2) is 63.4 Å². The van der Waals surface area contributed by atoms with Gasteiger partial charge in [-0.05, 0) is 38.2 Å². The molecule has 1 fully saturated rings. The molecule has 1 saturated heterocycles. The summed E-state index contributed by atoms with van der Waals surface area (Å²) in [6.07, 6.45) is 0.797. The zero-order chi connectivity index (χ0) is 18.4. The molecule has 0 radical (unpaired) electrons. The van der Waals surface area contributed by atoms with E-state index >= 15 is 0 Å². The van der Waals surface area contributed by atoms with Gasteiger partial charge in [0, 0.05) is 6.54 Å². The van der Waals surface area contributed by atoms with Crippen LogP contribution in [0.4, 0.5) is 0 Å². The number of aliphatic hydroxyl groups excluding tert-OH is 1. The average molecular weight is 367 g/mol. The van der Waals surface area contributed by atoms with Gasteiger partial charge in [0.15, 0.2) is 0 Å². The molecule has 1 aromatic carbocycles. The number of nitriles is 1. The average Bonchev–Trinajstić information content (AvgIpc) is 2.92. The molecule has 0 amide bonds.